The zero-order valence-electron chi connectivity index (χ0n) is 18.8. The van der Waals surface area contributed by atoms with Crippen LogP contribution < -0.4 is 15.0 Å². The van der Waals surface area contributed by atoms with Gasteiger partial charge in [-0.2, -0.15) is 0 Å². The van der Waals surface area contributed by atoms with E-state index in [1.165, 1.54) is 12.1 Å². The van der Waals surface area contributed by atoms with Gasteiger partial charge in [-0.3, -0.25) is 0 Å². The molecule has 1 aliphatic rings. The van der Waals surface area contributed by atoms with E-state index in [0.29, 0.717) is 54.2 Å². The molecule has 176 valence electrons. The fourth-order valence-corrected chi connectivity index (χ4v) is 4.24. The van der Waals surface area contributed by atoms with E-state index in [2.05, 4.69) is 20.2 Å². The Labute approximate surface area is 190 Å². The fourth-order valence-electron chi connectivity index (χ4n) is 4.24. The van der Waals surface area contributed by atoms with Crippen molar-refractivity contribution < 1.29 is 23.0 Å². The lowest BCUT2D eigenvalue weighted by atomic mass is 10.0. The molecule has 1 aliphatic heterocycles. The van der Waals surface area contributed by atoms with Crippen LogP contribution in [0.15, 0.2) is 30.3 Å². The van der Waals surface area contributed by atoms with Gasteiger partial charge in [0.25, 0.3) is 6.43 Å². The van der Waals surface area contributed by atoms with Crippen molar-refractivity contribution in [2.24, 2.45) is 0 Å². The molecule has 6 nitrogen and oxygen atoms in total. The molecule has 0 bridgehead atoms. The zero-order chi connectivity index (χ0) is 23.7. The van der Waals surface area contributed by atoms with Gasteiger partial charge in [0.2, 0.25) is 0 Å². The third-order valence-corrected chi connectivity index (χ3v) is 6.03. The second-order valence-corrected chi connectivity index (χ2v) is 8.30. The number of piperidine rings is 1. The molecule has 2 heterocycles. The third-order valence-electron chi connectivity index (χ3n) is 6.03. The summed E-state index contributed by atoms with van der Waals surface area (Å²) in [6.07, 6.45) is -1.83. The number of aliphatic hydroxyl groups excluding tert-OH is 1. The van der Waals surface area contributed by atoms with Crippen LogP contribution in [0, 0.1) is 12.7 Å². The number of methoxy groups -OCH3 is 1. The summed E-state index contributed by atoms with van der Waals surface area (Å²) in [5, 5.41) is 13.7. The van der Waals surface area contributed by atoms with Crippen LogP contribution in [0.25, 0.3) is 10.9 Å². The first-order chi connectivity index (χ1) is 15.8. The number of aromatic nitrogens is 2. The number of aliphatic hydroxyl groups is 1. The molecule has 2 aromatic carbocycles. The van der Waals surface area contributed by atoms with Crippen LogP contribution >= 0.6 is 0 Å². The molecular formula is C24H27F3N4O2. The Bertz CT molecular complexity index is 1150. The van der Waals surface area contributed by atoms with Gasteiger partial charge in [-0.15, -0.1) is 0 Å². The third kappa shape index (κ3) is 4.68. The van der Waals surface area contributed by atoms with Gasteiger partial charge in [0.15, 0.2) is 0 Å². The molecule has 0 radical (unpaired) electrons. The van der Waals surface area contributed by atoms with Crippen molar-refractivity contribution in [2.75, 3.05) is 30.4 Å². The van der Waals surface area contributed by atoms with Crippen LogP contribution in [-0.4, -0.2) is 41.4 Å². The minimum Gasteiger partial charge on any atom is -0.495 e. The molecule has 0 amide bonds. The number of nitrogens with one attached hydrogen (secondary N) is 1. The summed E-state index contributed by atoms with van der Waals surface area (Å²) < 4.78 is 46.6. The average molecular weight is 461 g/mol. The monoisotopic (exact) mass is 460 g/mol. The number of rotatable bonds is 6. The largest absolute Gasteiger partial charge is 0.495 e. The van der Waals surface area contributed by atoms with E-state index in [1.807, 2.05) is 12.1 Å². The molecule has 1 fully saturated rings. The Morgan fingerprint density at radius 3 is 2.52 bits per heavy atom. The number of halogens is 3. The highest BCUT2D eigenvalue weighted by Gasteiger charge is 2.23. The normalized spacial score (nSPS) is 15.8. The van der Waals surface area contributed by atoms with E-state index < -0.39 is 23.8 Å². The number of alkyl halides is 2. The van der Waals surface area contributed by atoms with Crippen molar-refractivity contribution in [1.82, 2.24) is 9.97 Å². The highest BCUT2D eigenvalue weighted by Crippen LogP contribution is 2.37. The smallest absolute Gasteiger partial charge is 0.266 e. The zero-order valence-corrected chi connectivity index (χ0v) is 18.8. The molecular weight excluding hydrogens is 433 g/mol. The highest BCUT2D eigenvalue weighted by atomic mass is 19.3. The Hall–Kier alpha value is -3.07. The van der Waals surface area contributed by atoms with E-state index in [1.54, 1.807) is 21.0 Å². The van der Waals surface area contributed by atoms with Crippen molar-refractivity contribution in [3.8, 4) is 5.75 Å². The highest BCUT2D eigenvalue weighted by molar-refractivity contribution is 5.94. The first kappa shape index (κ1) is 23.1. The predicted molar refractivity (Wildman–Crippen MR) is 122 cm³/mol. The minimum absolute atomic E-state index is 0.132. The molecule has 33 heavy (non-hydrogen) atoms. The van der Waals surface area contributed by atoms with E-state index in [-0.39, 0.29) is 11.7 Å². The summed E-state index contributed by atoms with van der Waals surface area (Å²) in [6, 6.07) is 7.14. The van der Waals surface area contributed by atoms with Crippen LogP contribution in [0.4, 0.5) is 24.7 Å². The van der Waals surface area contributed by atoms with Crippen molar-refractivity contribution in [3.05, 3.63) is 53.1 Å². The summed E-state index contributed by atoms with van der Waals surface area (Å²) in [7, 11) is 1.58. The lowest BCUT2D eigenvalue weighted by molar-refractivity contribution is 0.145. The van der Waals surface area contributed by atoms with Crippen molar-refractivity contribution >= 4 is 22.4 Å². The maximum absolute atomic E-state index is 14.7. The van der Waals surface area contributed by atoms with Crippen molar-refractivity contribution in [3.63, 3.8) is 0 Å². The molecule has 1 aromatic heterocycles. The number of fused-ring (bicyclic) bond motifs is 1. The molecule has 2 N–H and O–H groups in total. The van der Waals surface area contributed by atoms with Crippen LogP contribution in [0.5, 0.6) is 5.75 Å². The molecule has 0 unspecified atom stereocenters. The molecule has 9 heteroatoms. The molecule has 0 aliphatic carbocycles. The second-order valence-electron chi connectivity index (χ2n) is 8.30. The van der Waals surface area contributed by atoms with E-state index >= 15 is 0 Å². The number of ether oxygens (including phenoxy) is 1. The molecule has 3 aromatic rings. The molecule has 0 saturated carbocycles. The minimum atomic E-state index is -2.89. The fraction of sp³-hybridized carbons (Fsp3) is 0.417. The van der Waals surface area contributed by atoms with E-state index in [0.717, 1.165) is 11.8 Å². The Morgan fingerprint density at radius 2 is 1.85 bits per heavy atom. The number of hydrogen-bond acceptors (Lipinski definition) is 6. The first-order valence-corrected chi connectivity index (χ1v) is 10.9. The van der Waals surface area contributed by atoms with Crippen LogP contribution in [0.2, 0.25) is 0 Å². The van der Waals surface area contributed by atoms with Crippen molar-refractivity contribution in [2.45, 2.75) is 45.3 Å². The van der Waals surface area contributed by atoms with Gasteiger partial charge in [0.05, 0.1) is 36.0 Å². The summed E-state index contributed by atoms with van der Waals surface area (Å²) >= 11 is 0. The maximum Gasteiger partial charge on any atom is 0.266 e. The Kier molecular flexibility index (Phi) is 6.60. The van der Waals surface area contributed by atoms with Gasteiger partial charge in [0.1, 0.15) is 23.2 Å². The van der Waals surface area contributed by atoms with Gasteiger partial charge in [-0.1, -0.05) is 18.2 Å². The quantitative estimate of drug-likeness (QED) is 0.530. The maximum atomic E-state index is 14.7. The molecule has 0 spiro atoms. The van der Waals surface area contributed by atoms with E-state index in [4.69, 9.17) is 4.74 Å². The van der Waals surface area contributed by atoms with Crippen LogP contribution in [0.3, 0.4) is 0 Å². The van der Waals surface area contributed by atoms with E-state index in [9.17, 15) is 18.3 Å². The Morgan fingerprint density at radius 1 is 1.15 bits per heavy atom. The standard InChI is InChI=1S/C24H27F3N4O2/c1-13(16-5-4-6-17(22(16)25)23(26)27)28-24-18-11-21(33-3)20(12-19(18)29-14(2)30-24)31-9-7-15(32)8-10-31/h4-6,11-13,15,23,32H,7-10H2,1-3H3,(H,28,29,30)/t13-/m1/s1. The number of hydrogen-bond donors (Lipinski definition) is 2. The van der Waals surface area contributed by atoms with Gasteiger partial charge < -0.3 is 20.1 Å². The summed E-state index contributed by atoms with van der Waals surface area (Å²) in [6.45, 7) is 4.86. The number of benzene rings is 2. The van der Waals surface area contributed by atoms with Gasteiger partial charge >= 0.3 is 0 Å². The van der Waals surface area contributed by atoms with Crippen molar-refractivity contribution in [1.29, 1.82) is 0 Å². The van der Waals surface area contributed by atoms with Gasteiger partial charge in [0, 0.05) is 24.0 Å². The first-order valence-electron chi connectivity index (χ1n) is 10.9. The van der Waals surface area contributed by atoms with Gasteiger partial charge in [-0.05, 0) is 38.8 Å². The number of nitrogens with zero attached hydrogens (tertiary/aromatic N) is 3. The lowest BCUT2D eigenvalue weighted by Gasteiger charge is -2.32. The number of anilines is 2. The number of aryl methyl sites for hydroxylation is 1. The average Bonchev–Trinajstić information content (AvgIpc) is 2.78. The van der Waals surface area contributed by atoms with Crippen LogP contribution in [0.1, 0.15) is 49.2 Å². The predicted octanol–water partition coefficient (Wildman–Crippen LogP) is 5.16. The molecule has 4 rings (SSSR count). The topological polar surface area (TPSA) is 70.5 Å². The summed E-state index contributed by atoms with van der Waals surface area (Å²) in [4.78, 5) is 11.2. The molecule has 1 saturated heterocycles. The van der Waals surface area contributed by atoms with Gasteiger partial charge in [-0.25, -0.2) is 23.1 Å². The lowest BCUT2D eigenvalue weighted by Crippen LogP contribution is -2.36. The SMILES string of the molecule is COc1cc2c(N[C@H](C)c3cccc(C(F)F)c3F)nc(C)nc2cc1N1CCC(O)CC1. The van der Waals surface area contributed by atoms with Crippen LogP contribution in [-0.2, 0) is 0 Å². The Balaban J connectivity index is 1.72. The summed E-state index contributed by atoms with van der Waals surface area (Å²) in [5.74, 6) is 0.692. The second kappa shape index (κ2) is 9.43. The summed E-state index contributed by atoms with van der Waals surface area (Å²) in [5.41, 5.74) is 1.07. The molecule has 1 atom stereocenters.